The Morgan fingerprint density at radius 3 is 2.29 bits per heavy atom. The van der Waals surface area contributed by atoms with Crippen LogP contribution in [-0.4, -0.2) is 36.0 Å². The molecule has 28 heavy (non-hydrogen) atoms. The Bertz CT molecular complexity index is 757. The molecule has 2 aliphatic rings. The topological polar surface area (TPSA) is 29.5 Å². The van der Waals surface area contributed by atoms with Gasteiger partial charge in [0.05, 0.1) is 13.2 Å². The monoisotopic (exact) mass is 377 g/mol. The fraction of sp³-hybridized carbons (Fsp3) is 0.480. The van der Waals surface area contributed by atoms with Crippen LogP contribution < -0.4 is 0 Å². The van der Waals surface area contributed by atoms with E-state index in [1.54, 1.807) is 0 Å². The highest BCUT2D eigenvalue weighted by Crippen LogP contribution is 2.34. The van der Waals surface area contributed by atoms with Crippen LogP contribution in [0.4, 0.5) is 0 Å². The number of benzene rings is 2. The van der Waals surface area contributed by atoms with Crippen molar-refractivity contribution in [2.75, 3.05) is 13.2 Å². The number of Topliss-reactive ketones (excluding diaryl/α,β-unsaturated/α-hetero) is 1. The standard InChI is InChI=1S/C25H31NO2/c1-2-3-7-19-10-12-21(13-11-19)25(27)22-14-23-17-28-18-24(15-22)26(23)16-20-8-5-4-6-9-20/h4-6,8-13,22-24H,2-3,7,14-18H2,1H3. The zero-order chi connectivity index (χ0) is 19.3. The van der Waals surface area contributed by atoms with Crippen molar-refractivity contribution >= 4 is 5.78 Å². The molecule has 2 atom stereocenters. The van der Waals surface area contributed by atoms with Crippen LogP contribution in [-0.2, 0) is 17.7 Å². The molecule has 0 aliphatic carbocycles. The van der Waals surface area contributed by atoms with Crippen molar-refractivity contribution in [3.63, 3.8) is 0 Å². The van der Waals surface area contributed by atoms with Gasteiger partial charge in [-0.25, -0.2) is 0 Å². The molecule has 0 N–H and O–H groups in total. The van der Waals surface area contributed by atoms with E-state index in [9.17, 15) is 4.79 Å². The van der Waals surface area contributed by atoms with Crippen LogP contribution in [0, 0.1) is 5.92 Å². The van der Waals surface area contributed by atoms with Gasteiger partial charge in [-0.2, -0.15) is 0 Å². The summed E-state index contributed by atoms with van der Waals surface area (Å²) >= 11 is 0. The van der Waals surface area contributed by atoms with Crippen molar-refractivity contribution in [1.82, 2.24) is 4.90 Å². The molecule has 0 spiro atoms. The minimum Gasteiger partial charge on any atom is -0.378 e. The number of aryl methyl sites for hydroxylation is 1. The summed E-state index contributed by atoms with van der Waals surface area (Å²) in [4.78, 5) is 15.7. The van der Waals surface area contributed by atoms with E-state index in [0.29, 0.717) is 17.9 Å². The minimum atomic E-state index is 0.118. The highest BCUT2D eigenvalue weighted by Gasteiger charge is 2.41. The summed E-state index contributed by atoms with van der Waals surface area (Å²) < 4.78 is 5.84. The third-order valence-electron chi connectivity index (χ3n) is 6.31. The lowest BCUT2D eigenvalue weighted by Crippen LogP contribution is -2.57. The first kappa shape index (κ1) is 19.4. The lowest BCUT2D eigenvalue weighted by atomic mass is 9.80. The summed E-state index contributed by atoms with van der Waals surface area (Å²) in [5, 5.41) is 0. The molecule has 0 radical (unpaired) electrons. The maximum Gasteiger partial charge on any atom is 0.166 e. The van der Waals surface area contributed by atoms with Gasteiger partial charge in [0.15, 0.2) is 5.78 Å². The number of ether oxygens (including phenoxy) is 1. The van der Waals surface area contributed by atoms with E-state index >= 15 is 0 Å². The van der Waals surface area contributed by atoms with Crippen molar-refractivity contribution in [3.8, 4) is 0 Å². The molecule has 2 fully saturated rings. The molecular formula is C25H31NO2. The van der Waals surface area contributed by atoms with E-state index in [2.05, 4.69) is 54.3 Å². The van der Waals surface area contributed by atoms with E-state index in [0.717, 1.165) is 44.6 Å². The second-order valence-electron chi connectivity index (χ2n) is 8.34. The molecule has 2 aromatic carbocycles. The van der Waals surface area contributed by atoms with Crippen LogP contribution in [0.5, 0.6) is 0 Å². The van der Waals surface area contributed by atoms with E-state index in [1.807, 2.05) is 12.1 Å². The van der Waals surface area contributed by atoms with Crippen LogP contribution in [0.15, 0.2) is 54.6 Å². The summed E-state index contributed by atoms with van der Waals surface area (Å²) in [6.07, 6.45) is 5.31. The predicted molar refractivity (Wildman–Crippen MR) is 112 cm³/mol. The fourth-order valence-corrected chi connectivity index (χ4v) is 4.71. The maximum absolute atomic E-state index is 13.2. The largest absolute Gasteiger partial charge is 0.378 e. The van der Waals surface area contributed by atoms with E-state index < -0.39 is 0 Å². The number of nitrogens with zero attached hydrogens (tertiary/aromatic N) is 1. The minimum absolute atomic E-state index is 0.118. The van der Waals surface area contributed by atoms with E-state index in [1.165, 1.54) is 24.0 Å². The van der Waals surface area contributed by atoms with Crippen molar-refractivity contribution < 1.29 is 9.53 Å². The van der Waals surface area contributed by atoms with Crippen molar-refractivity contribution in [1.29, 1.82) is 0 Å². The van der Waals surface area contributed by atoms with Gasteiger partial charge in [0.1, 0.15) is 0 Å². The average Bonchev–Trinajstić information content (AvgIpc) is 2.73. The quantitative estimate of drug-likeness (QED) is 0.643. The van der Waals surface area contributed by atoms with Crippen LogP contribution in [0.2, 0.25) is 0 Å². The van der Waals surface area contributed by atoms with Crippen LogP contribution in [0.3, 0.4) is 0 Å². The maximum atomic E-state index is 13.2. The number of fused-ring (bicyclic) bond motifs is 2. The highest BCUT2D eigenvalue weighted by molar-refractivity contribution is 5.98. The number of ketones is 1. The number of carbonyl (C=O) groups is 1. The molecule has 0 amide bonds. The van der Waals surface area contributed by atoms with Gasteiger partial charge in [0, 0.05) is 30.1 Å². The highest BCUT2D eigenvalue weighted by atomic mass is 16.5. The number of carbonyl (C=O) groups excluding carboxylic acids is 1. The number of hydrogen-bond acceptors (Lipinski definition) is 3. The van der Waals surface area contributed by atoms with E-state index in [-0.39, 0.29) is 5.92 Å². The smallest absolute Gasteiger partial charge is 0.166 e. The molecule has 2 saturated heterocycles. The van der Waals surface area contributed by atoms with Crippen LogP contribution in [0.1, 0.15) is 54.1 Å². The first-order valence-electron chi connectivity index (χ1n) is 10.7. The Labute approximate surface area is 168 Å². The summed E-state index contributed by atoms with van der Waals surface area (Å²) in [5.74, 6) is 0.436. The lowest BCUT2D eigenvalue weighted by molar-refractivity contribution is -0.0872. The molecule has 4 rings (SSSR count). The van der Waals surface area contributed by atoms with Crippen LogP contribution in [0.25, 0.3) is 0 Å². The molecule has 2 unspecified atom stereocenters. The van der Waals surface area contributed by atoms with Gasteiger partial charge >= 0.3 is 0 Å². The average molecular weight is 378 g/mol. The van der Waals surface area contributed by atoms with Gasteiger partial charge in [-0.3, -0.25) is 9.69 Å². The lowest BCUT2D eigenvalue weighted by Gasteiger charge is -2.48. The Hall–Kier alpha value is -1.97. The molecule has 148 valence electrons. The SMILES string of the molecule is CCCCc1ccc(C(=O)C2CC3COCC(C2)N3Cc2ccccc2)cc1. The van der Waals surface area contributed by atoms with Gasteiger partial charge in [-0.05, 0) is 36.8 Å². The molecular weight excluding hydrogens is 346 g/mol. The molecule has 3 heteroatoms. The normalized spacial score (nSPS) is 24.8. The second kappa shape index (κ2) is 9.02. The Kier molecular flexibility index (Phi) is 6.23. The fourth-order valence-electron chi connectivity index (χ4n) is 4.71. The van der Waals surface area contributed by atoms with Crippen molar-refractivity contribution in [2.24, 2.45) is 5.92 Å². The molecule has 2 heterocycles. The molecule has 2 bridgehead atoms. The van der Waals surface area contributed by atoms with Gasteiger partial charge in [0.2, 0.25) is 0 Å². The number of unbranched alkanes of at least 4 members (excludes halogenated alkanes) is 1. The number of rotatable bonds is 7. The first-order chi connectivity index (χ1) is 13.7. The Morgan fingerprint density at radius 1 is 0.964 bits per heavy atom. The van der Waals surface area contributed by atoms with Gasteiger partial charge < -0.3 is 4.74 Å². The predicted octanol–water partition coefficient (Wildman–Crippen LogP) is 4.89. The number of piperidine rings is 1. The van der Waals surface area contributed by atoms with Crippen LogP contribution >= 0.6 is 0 Å². The van der Waals surface area contributed by atoms with Gasteiger partial charge in [-0.15, -0.1) is 0 Å². The van der Waals surface area contributed by atoms with Gasteiger partial charge in [0.25, 0.3) is 0 Å². The van der Waals surface area contributed by atoms with E-state index in [4.69, 9.17) is 4.74 Å². The summed E-state index contributed by atoms with van der Waals surface area (Å²) in [5.41, 5.74) is 3.55. The molecule has 0 saturated carbocycles. The number of hydrogen-bond donors (Lipinski definition) is 0. The van der Waals surface area contributed by atoms with Crippen molar-refractivity contribution in [2.45, 2.75) is 57.7 Å². The first-order valence-corrected chi connectivity index (χ1v) is 10.7. The molecule has 2 aromatic rings. The Morgan fingerprint density at radius 2 is 1.64 bits per heavy atom. The summed E-state index contributed by atoms with van der Waals surface area (Å²) in [6.45, 7) is 4.64. The third kappa shape index (κ3) is 4.37. The molecule has 0 aromatic heterocycles. The third-order valence-corrected chi connectivity index (χ3v) is 6.31. The Balaban J connectivity index is 1.42. The molecule has 2 aliphatic heterocycles. The van der Waals surface area contributed by atoms with Crippen molar-refractivity contribution in [3.05, 3.63) is 71.3 Å². The molecule has 3 nitrogen and oxygen atoms in total. The number of morpholine rings is 1. The second-order valence-corrected chi connectivity index (χ2v) is 8.34. The zero-order valence-corrected chi connectivity index (χ0v) is 16.8. The summed E-state index contributed by atoms with van der Waals surface area (Å²) in [6, 6.07) is 19.7. The van der Waals surface area contributed by atoms with Gasteiger partial charge in [-0.1, -0.05) is 67.9 Å². The zero-order valence-electron chi connectivity index (χ0n) is 16.8. The summed E-state index contributed by atoms with van der Waals surface area (Å²) in [7, 11) is 0.